The van der Waals surface area contributed by atoms with E-state index in [1.807, 2.05) is 6.20 Å². The number of para-hydroxylation sites is 1. The summed E-state index contributed by atoms with van der Waals surface area (Å²) >= 11 is 1.69. The van der Waals surface area contributed by atoms with Gasteiger partial charge in [-0.3, -0.25) is 0 Å². The Bertz CT molecular complexity index is 2060. The normalized spacial score (nSPS) is 13.2. The van der Waals surface area contributed by atoms with Crippen molar-refractivity contribution in [1.29, 1.82) is 0 Å². The average molecular weight is 817 g/mol. The second-order valence-corrected chi connectivity index (χ2v) is 14.9. The number of fused-ring (bicyclic) bond motifs is 3. The van der Waals surface area contributed by atoms with Crippen molar-refractivity contribution in [2.75, 3.05) is 16.5 Å². The van der Waals surface area contributed by atoms with Crippen LogP contribution in [-0.2, 0) is 31.9 Å². The largest absolute Gasteiger partial charge is 0.358 e. The first-order valence-corrected chi connectivity index (χ1v) is 16.3. The Morgan fingerprint density at radius 2 is 1.38 bits per heavy atom. The van der Waals surface area contributed by atoms with E-state index in [0.29, 0.717) is 0 Å². The van der Waals surface area contributed by atoms with Crippen LogP contribution >= 0.6 is 11.8 Å². The first-order valence-electron chi connectivity index (χ1n) is 15.5. The Hall–Kier alpha value is -3.79. The summed E-state index contributed by atoms with van der Waals surface area (Å²) in [5.74, 6) is 0.916. The Morgan fingerprint density at radius 1 is 0.681 bits per heavy atom. The number of pyridine rings is 1. The second kappa shape index (κ2) is 13.4. The van der Waals surface area contributed by atoms with E-state index in [1.165, 1.54) is 27.6 Å². The van der Waals surface area contributed by atoms with Gasteiger partial charge in [0.1, 0.15) is 5.82 Å². The minimum absolute atomic E-state index is 0. The van der Waals surface area contributed by atoms with Crippen molar-refractivity contribution in [1.82, 2.24) is 9.55 Å². The number of nitrogens with zero attached hydrogens (tertiary/aromatic N) is 4. The monoisotopic (exact) mass is 816 g/mol. The molecule has 6 aromatic rings. The van der Waals surface area contributed by atoms with E-state index in [4.69, 9.17) is 4.98 Å². The number of hydrogen-bond acceptors (Lipinski definition) is 4. The van der Waals surface area contributed by atoms with E-state index >= 15 is 0 Å². The number of anilines is 2. The van der Waals surface area contributed by atoms with Gasteiger partial charge in [0.05, 0.1) is 6.67 Å². The molecule has 0 unspecified atom stereocenters. The maximum Gasteiger partial charge on any atom is 0.135 e. The van der Waals surface area contributed by atoms with Crippen LogP contribution in [0.4, 0.5) is 11.4 Å². The maximum atomic E-state index is 4.82. The Balaban J connectivity index is 0.00000217. The summed E-state index contributed by atoms with van der Waals surface area (Å²) in [6, 6.07) is 39.9. The summed E-state index contributed by atoms with van der Waals surface area (Å²) in [6.45, 7) is 14.2. The molecule has 0 aliphatic carbocycles. The van der Waals surface area contributed by atoms with Crippen LogP contribution < -0.4 is 9.80 Å². The zero-order valence-electron chi connectivity index (χ0n) is 28.1. The van der Waals surface area contributed by atoms with E-state index in [2.05, 4.69) is 171 Å². The molecule has 0 saturated carbocycles. The molecule has 1 aliphatic rings. The molecule has 244 valence electrons. The van der Waals surface area contributed by atoms with E-state index in [0.717, 1.165) is 39.0 Å². The standard InChI is InChI=1S/C40H38N4S.CH3.Pt/c1-39(2,3)28-11-9-12-30(23-28)42-21-22-43(27-42)31-13-10-14-32(25-31)45-33-17-18-35-34-15-7-8-16-36(34)44(37(35)26-33)38-24-29(19-20-41-38)40(4,5)6;;/h7-24H,27H2,1-6H3;1H3;/q-2;-1;. The van der Waals surface area contributed by atoms with Gasteiger partial charge in [0, 0.05) is 50.9 Å². The SMILES string of the molecule is CC(C)(C)c1cccc(N2C=CN(c3[c-]c(Sc4[c-]c5c(cc4)c4ccccc4n5-c4cc(C(C)(C)C)ccn4)ccc3)C2)c1.[CH3-].[Pt]. The number of aromatic nitrogens is 2. The summed E-state index contributed by atoms with van der Waals surface area (Å²) in [5, 5.41) is 2.38. The molecule has 0 amide bonds. The Labute approximate surface area is 298 Å². The average Bonchev–Trinajstić information content (AvgIpc) is 3.64. The molecular formula is C41H41N4PtS-3. The van der Waals surface area contributed by atoms with Crippen LogP contribution in [0, 0.1) is 19.6 Å². The van der Waals surface area contributed by atoms with Crippen molar-refractivity contribution in [2.45, 2.75) is 62.2 Å². The summed E-state index contributed by atoms with van der Waals surface area (Å²) < 4.78 is 2.25. The molecule has 0 saturated heterocycles. The van der Waals surface area contributed by atoms with Crippen molar-refractivity contribution in [2.24, 2.45) is 0 Å². The fourth-order valence-corrected chi connectivity index (χ4v) is 6.68. The van der Waals surface area contributed by atoms with Gasteiger partial charge in [0.2, 0.25) is 0 Å². The molecule has 0 fully saturated rings. The van der Waals surface area contributed by atoms with Gasteiger partial charge in [-0.05, 0) is 57.7 Å². The fourth-order valence-electron chi connectivity index (χ4n) is 5.86. The van der Waals surface area contributed by atoms with E-state index < -0.39 is 0 Å². The predicted octanol–water partition coefficient (Wildman–Crippen LogP) is 10.7. The van der Waals surface area contributed by atoms with Gasteiger partial charge in [-0.2, -0.15) is 24.3 Å². The van der Waals surface area contributed by atoms with Crippen LogP contribution in [0.1, 0.15) is 52.7 Å². The van der Waals surface area contributed by atoms with Crippen molar-refractivity contribution in [3.8, 4) is 5.82 Å². The molecule has 0 bridgehead atoms. The minimum atomic E-state index is 0. The second-order valence-electron chi connectivity index (χ2n) is 13.8. The van der Waals surface area contributed by atoms with Gasteiger partial charge in [-0.1, -0.05) is 83.1 Å². The number of benzene rings is 4. The maximum absolute atomic E-state index is 4.82. The molecule has 3 heterocycles. The topological polar surface area (TPSA) is 24.3 Å². The van der Waals surface area contributed by atoms with Crippen molar-refractivity contribution >= 4 is 44.9 Å². The van der Waals surface area contributed by atoms with Crippen LogP contribution in [0.15, 0.2) is 119 Å². The van der Waals surface area contributed by atoms with Gasteiger partial charge in [0.15, 0.2) is 0 Å². The van der Waals surface area contributed by atoms with Crippen molar-refractivity contribution < 1.29 is 21.1 Å². The molecule has 6 heteroatoms. The predicted molar refractivity (Wildman–Crippen MR) is 196 cm³/mol. The summed E-state index contributed by atoms with van der Waals surface area (Å²) in [5.41, 5.74) is 7.15. The van der Waals surface area contributed by atoms with Gasteiger partial charge in [-0.25, -0.2) is 4.98 Å². The zero-order valence-corrected chi connectivity index (χ0v) is 31.2. The van der Waals surface area contributed by atoms with Crippen molar-refractivity contribution in [3.63, 3.8) is 0 Å². The Kier molecular flexibility index (Phi) is 9.83. The molecule has 47 heavy (non-hydrogen) atoms. The first kappa shape index (κ1) is 34.5. The fraction of sp³-hybridized carbons (Fsp3) is 0.220. The summed E-state index contributed by atoms with van der Waals surface area (Å²) in [4.78, 5) is 11.5. The van der Waals surface area contributed by atoms with Crippen LogP contribution in [0.2, 0.25) is 0 Å². The molecule has 0 atom stereocenters. The minimum Gasteiger partial charge on any atom is -0.358 e. The van der Waals surface area contributed by atoms with Crippen LogP contribution in [0.5, 0.6) is 0 Å². The summed E-state index contributed by atoms with van der Waals surface area (Å²) in [7, 11) is 0. The van der Waals surface area contributed by atoms with Crippen LogP contribution in [-0.4, -0.2) is 16.2 Å². The van der Waals surface area contributed by atoms with Crippen LogP contribution in [0.3, 0.4) is 0 Å². The number of hydrogen-bond donors (Lipinski definition) is 0. The third-order valence-electron chi connectivity index (χ3n) is 8.45. The number of rotatable bonds is 5. The molecule has 2 aromatic heterocycles. The Morgan fingerprint density at radius 3 is 2.17 bits per heavy atom. The first-order chi connectivity index (χ1) is 21.5. The quantitative estimate of drug-likeness (QED) is 0.162. The molecule has 7 rings (SSSR count). The van der Waals surface area contributed by atoms with Crippen molar-refractivity contribution in [3.05, 3.63) is 140 Å². The molecule has 0 radical (unpaired) electrons. The van der Waals surface area contributed by atoms with E-state index in [9.17, 15) is 0 Å². The summed E-state index contributed by atoms with van der Waals surface area (Å²) in [6.07, 6.45) is 6.21. The zero-order chi connectivity index (χ0) is 31.3. The molecule has 1 aliphatic heterocycles. The van der Waals surface area contributed by atoms with Crippen LogP contribution in [0.25, 0.3) is 27.6 Å². The third kappa shape index (κ3) is 6.93. The van der Waals surface area contributed by atoms with E-state index in [-0.39, 0.29) is 39.3 Å². The smallest absolute Gasteiger partial charge is 0.135 e. The van der Waals surface area contributed by atoms with Gasteiger partial charge in [-0.15, -0.1) is 45.1 Å². The van der Waals surface area contributed by atoms with E-state index in [1.54, 1.807) is 11.8 Å². The van der Waals surface area contributed by atoms with Gasteiger partial charge in [0.25, 0.3) is 0 Å². The molecule has 4 nitrogen and oxygen atoms in total. The molecule has 0 spiro atoms. The van der Waals surface area contributed by atoms with Gasteiger partial charge >= 0.3 is 0 Å². The molecule has 4 aromatic carbocycles. The molecular weight excluding hydrogens is 776 g/mol. The van der Waals surface area contributed by atoms with Gasteiger partial charge < -0.3 is 21.8 Å². The third-order valence-corrected chi connectivity index (χ3v) is 9.37. The molecule has 0 N–H and O–H groups in total.